The Labute approximate surface area is 74.5 Å². The Morgan fingerprint density at radius 1 is 1.42 bits per heavy atom. The Kier molecular flexibility index (Phi) is 2.78. The summed E-state index contributed by atoms with van der Waals surface area (Å²) in [6.45, 7) is 6.18. The van der Waals surface area contributed by atoms with Crippen molar-refractivity contribution in [2.45, 2.75) is 43.7 Å². The van der Waals surface area contributed by atoms with Crippen LogP contribution in [-0.4, -0.2) is 31.5 Å². The van der Waals surface area contributed by atoms with Gasteiger partial charge in [0.15, 0.2) is 9.84 Å². The van der Waals surface area contributed by atoms with E-state index in [4.69, 9.17) is 0 Å². The van der Waals surface area contributed by atoms with Crippen LogP contribution in [0, 0.1) is 0 Å². The molecule has 1 aliphatic heterocycles. The standard InChI is InChI=1S/C8H17NO2S/c1-4-8-7(3)12(10,11)6(2)5-9-8/h6-9H,4-5H2,1-3H3. The quantitative estimate of drug-likeness (QED) is 0.659. The molecular weight excluding hydrogens is 174 g/mol. The molecule has 4 heteroatoms. The SMILES string of the molecule is CCC1NCC(C)S(=O)(=O)C1C. The summed E-state index contributed by atoms with van der Waals surface area (Å²) in [5.41, 5.74) is 0. The first-order valence-electron chi connectivity index (χ1n) is 4.46. The van der Waals surface area contributed by atoms with E-state index in [0.29, 0.717) is 6.54 Å². The van der Waals surface area contributed by atoms with Crippen molar-refractivity contribution in [2.24, 2.45) is 0 Å². The van der Waals surface area contributed by atoms with Gasteiger partial charge in [-0.15, -0.1) is 0 Å². The zero-order valence-electron chi connectivity index (χ0n) is 7.87. The van der Waals surface area contributed by atoms with E-state index in [1.807, 2.05) is 6.92 Å². The molecule has 0 radical (unpaired) electrons. The van der Waals surface area contributed by atoms with Crippen LogP contribution in [0.5, 0.6) is 0 Å². The highest BCUT2D eigenvalue weighted by Crippen LogP contribution is 2.19. The van der Waals surface area contributed by atoms with Crippen molar-refractivity contribution >= 4 is 9.84 Å². The van der Waals surface area contributed by atoms with Gasteiger partial charge in [0, 0.05) is 12.6 Å². The maximum Gasteiger partial charge on any atom is 0.158 e. The van der Waals surface area contributed by atoms with Crippen molar-refractivity contribution in [3.63, 3.8) is 0 Å². The van der Waals surface area contributed by atoms with Gasteiger partial charge in [-0.1, -0.05) is 6.92 Å². The van der Waals surface area contributed by atoms with Gasteiger partial charge in [-0.2, -0.15) is 0 Å². The molecule has 0 aromatic heterocycles. The van der Waals surface area contributed by atoms with Crippen molar-refractivity contribution in [1.29, 1.82) is 0 Å². The van der Waals surface area contributed by atoms with Gasteiger partial charge in [-0.3, -0.25) is 0 Å². The second-order valence-corrected chi connectivity index (χ2v) is 6.25. The molecule has 1 aliphatic rings. The maximum atomic E-state index is 11.6. The number of nitrogens with one attached hydrogen (secondary N) is 1. The van der Waals surface area contributed by atoms with Crippen LogP contribution in [0.1, 0.15) is 27.2 Å². The molecule has 1 rings (SSSR count). The Balaban J connectivity index is 2.86. The second kappa shape index (κ2) is 3.34. The smallest absolute Gasteiger partial charge is 0.158 e. The molecule has 0 bridgehead atoms. The molecule has 3 unspecified atom stereocenters. The van der Waals surface area contributed by atoms with Gasteiger partial charge in [0.05, 0.1) is 10.5 Å². The Morgan fingerprint density at radius 3 is 2.50 bits per heavy atom. The van der Waals surface area contributed by atoms with E-state index in [0.717, 1.165) is 6.42 Å². The lowest BCUT2D eigenvalue weighted by molar-refractivity contribution is 0.438. The maximum absolute atomic E-state index is 11.6. The lowest BCUT2D eigenvalue weighted by Gasteiger charge is -2.33. The first-order chi connectivity index (χ1) is 5.50. The number of hydrogen-bond donors (Lipinski definition) is 1. The number of sulfone groups is 1. The number of rotatable bonds is 1. The molecule has 0 aromatic rings. The predicted molar refractivity (Wildman–Crippen MR) is 49.9 cm³/mol. The molecular formula is C8H17NO2S. The van der Waals surface area contributed by atoms with E-state index in [-0.39, 0.29) is 16.5 Å². The van der Waals surface area contributed by atoms with Crippen LogP contribution >= 0.6 is 0 Å². The fourth-order valence-electron chi connectivity index (χ4n) is 1.67. The summed E-state index contributed by atoms with van der Waals surface area (Å²) in [4.78, 5) is 0. The highest BCUT2D eigenvalue weighted by atomic mass is 32.2. The van der Waals surface area contributed by atoms with Crippen molar-refractivity contribution in [3.05, 3.63) is 0 Å². The van der Waals surface area contributed by atoms with E-state index < -0.39 is 9.84 Å². The summed E-state index contributed by atoms with van der Waals surface area (Å²) in [5, 5.41) is 2.79. The molecule has 72 valence electrons. The van der Waals surface area contributed by atoms with Crippen LogP contribution in [0.25, 0.3) is 0 Å². The Bertz CT molecular complexity index is 248. The molecule has 3 nitrogen and oxygen atoms in total. The van der Waals surface area contributed by atoms with Gasteiger partial charge in [0.1, 0.15) is 0 Å². The van der Waals surface area contributed by atoms with Gasteiger partial charge in [0.25, 0.3) is 0 Å². The molecule has 0 aliphatic carbocycles. The molecule has 1 saturated heterocycles. The van der Waals surface area contributed by atoms with Crippen LogP contribution in [0.2, 0.25) is 0 Å². The third-order valence-electron chi connectivity index (χ3n) is 2.75. The summed E-state index contributed by atoms with van der Waals surface area (Å²) in [5.74, 6) is 0. The Hall–Kier alpha value is -0.0900. The second-order valence-electron chi connectivity index (χ2n) is 3.53. The lowest BCUT2D eigenvalue weighted by atomic mass is 10.1. The summed E-state index contributed by atoms with van der Waals surface area (Å²) in [6.07, 6.45) is 0.882. The van der Waals surface area contributed by atoms with Crippen molar-refractivity contribution in [3.8, 4) is 0 Å². The van der Waals surface area contributed by atoms with Crippen LogP contribution in [0.4, 0.5) is 0 Å². The van der Waals surface area contributed by atoms with Crippen LogP contribution in [-0.2, 0) is 9.84 Å². The molecule has 1 heterocycles. The van der Waals surface area contributed by atoms with Gasteiger partial charge in [-0.05, 0) is 20.3 Å². The summed E-state index contributed by atoms with van der Waals surface area (Å²) in [6, 6.07) is 0.145. The molecule has 0 spiro atoms. The van der Waals surface area contributed by atoms with Crippen molar-refractivity contribution < 1.29 is 8.42 Å². The molecule has 1 fully saturated rings. The zero-order valence-corrected chi connectivity index (χ0v) is 8.69. The lowest BCUT2D eigenvalue weighted by Crippen LogP contribution is -2.54. The number of hydrogen-bond acceptors (Lipinski definition) is 3. The molecule has 0 aromatic carbocycles. The van der Waals surface area contributed by atoms with E-state index >= 15 is 0 Å². The average Bonchev–Trinajstić information content (AvgIpc) is 2.02. The van der Waals surface area contributed by atoms with E-state index in [1.165, 1.54) is 0 Å². The highest BCUT2D eigenvalue weighted by molar-refractivity contribution is 7.92. The minimum Gasteiger partial charge on any atom is -0.311 e. The van der Waals surface area contributed by atoms with Crippen LogP contribution in [0.3, 0.4) is 0 Å². The third-order valence-corrected chi connectivity index (χ3v) is 5.41. The van der Waals surface area contributed by atoms with E-state index in [1.54, 1.807) is 13.8 Å². The topological polar surface area (TPSA) is 46.2 Å². The van der Waals surface area contributed by atoms with Gasteiger partial charge in [0.2, 0.25) is 0 Å². The minimum absolute atomic E-state index is 0.145. The fraction of sp³-hybridized carbons (Fsp3) is 1.00. The molecule has 1 N–H and O–H groups in total. The monoisotopic (exact) mass is 191 g/mol. The van der Waals surface area contributed by atoms with Crippen molar-refractivity contribution in [2.75, 3.05) is 6.54 Å². The normalized spacial score (nSPS) is 41.1. The summed E-state index contributed by atoms with van der Waals surface area (Å²) < 4.78 is 23.3. The zero-order chi connectivity index (χ0) is 9.35. The van der Waals surface area contributed by atoms with Crippen LogP contribution < -0.4 is 5.32 Å². The molecule has 12 heavy (non-hydrogen) atoms. The largest absolute Gasteiger partial charge is 0.311 e. The molecule has 3 atom stereocenters. The van der Waals surface area contributed by atoms with E-state index in [2.05, 4.69) is 5.32 Å². The first kappa shape index (κ1) is 9.99. The average molecular weight is 191 g/mol. The minimum atomic E-state index is -2.86. The van der Waals surface area contributed by atoms with Crippen molar-refractivity contribution in [1.82, 2.24) is 5.32 Å². The first-order valence-corrected chi connectivity index (χ1v) is 6.07. The Morgan fingerprint density at radius 2 is 2.00 bits per heavy atom. The van der Waals surface area contributed by atoms with E-state index in [9.17, 15) is 8.42 Å². The van der Waals surface area contributed by atoms with Gasteiger partial charge < -0.3 is 5.32 Å². The summed E-state index contributed by atoms with van der Waals surface area (Å²) in [7, 11) is -2.86. The predicted octanol–water partition coefficient (Wildman–Crippen LogP) is 0.560. The molecule has 0 amide bonds. The molecule has 0 saturated carbocycles. The van der Waals surface area contributed by atoms with Gasteiger partial charge >= 0.3 is 0 Å². The van der Waals surface area contributed by atoms with Crippen LogP contribution in [0.15, 0.2) is 0 Å². The fourth-order valence-corrected chi connectivity index (χ4v) is 3.48. The third kappa shape index (κ3) is 1.50. The van der Waals surface area contributed by atoms with Gasteiger partial charge in [-0.25, -0.2) is 8.42 Å². The highest BCUT2D eigenvalue weighted by Gasteiger charge is 2.37. The summed E-state index contributed by atoms with van der Waals surface area (Å²) >= 11 is 0.